The van der Waals surface area contributed by atoms with Crippen LogP contribution in [0.4, 0.5) is 15.8 Å². The molecule has 0 saturated carbocycles. The highest BCUT2D eigenvalue weighted by atomic mass is 19.1. The molecule has 0 aliphatic heterocycles. The zero-order chi connectivity index (χ0) is 16.5. The van der Waals surface area contributed by atoms with E-state index in [1.54, 1.807) is 25.1 Å². The van der Waals surface area contributed by atoms with E-state index < -0.39 is 5.82 Å². The van der Waals surface area contributed by atoms with E-state index in [2.05, 4.69) is 22.1 Å². The summed E-state index contributed by atoms with van der Waals surface area (Å²) in [4.78, 5) is 13.0. The van der Waals surface area contributed by atoms with Crippen molar-refractivity contribution in [3.63, 3.8) is 0 Å². The minimum absolute atomic E-state index is 0.0366. The lowest BCUT2D eigenvalue weighted by atomic mass is 10.2. The Morgan fingerprint density at radius 3 is 2.91 bits per heavy atom. The zero-order valence-electron chi connectivity index (χ0n) is 13.0. The molecule has 7 heteroatoms. The minimum Gasteiger partial charge on any atom is -0.330 e. The van der Waals surface area contributed by atoms with E-state index in [-0.39, 0.29) is 11.6 Å². The molecule has 118 valence electrons. The van der Waals surface area contributed by atoms with Gasteiger partial charge in [0, 0.05) is 19.2 Å². The molecule has 0 aliphatic carbocycles. The van der Waals surface area contributed by atoms with Crippen molar-refractivity contribution in [3.05, 3.63) is 48.8 Å². The Labute approximate surface area is 129 Å². The van der Waals surface area contributed by atoms with Crippen LogP contribution in [-0.2, 0) is 4.79 Å². The summed E-state index contributed by atoms with van der Waals surface area (Å²) in [7, 11) is 3.65. The number of rotatable bonds is 7. The van der Waals surface area contributed by atoms with Gasteiger partial charge in [-0.05, 0) is 18.2 Å². The summed E-state index contributed by atoms with van der Waals surface area (Å²) < 4.78 is 13.7. The Hall–Kier alpha value is -2.54. The largest absolute Gasteiger partial charge is 0.330 e. The first-order valence-electron chi connectivity index (χ1n) is 6.87. The molecule has 1 aromatic rings. The van der Waals surface area contributed by atoms with Crippen LogP contribution in [0.1, 0.15) is 13.3 Å². The van der Waals surface area contributed by atoms with Crippen LogP contribution in [0.15, 0.2) is 53.2 Å². The molecule has 0 spiro atoms. The molecule has 6 nitrogen and oxygen atoms in total. The Balaban J connectivity index is 2.85. The summed E-state index contributed by atoms with van der Waals surface area (Å²) in [6.45, 7) is 5.48. The fourth-order valence-electron chi connectivity index (χ4n) is 1.40. The molecule has 1 amide bonds. The molecule has 0 fully saturated rings. The summed E-state index contributed by atoms with van der Waals surface area (Å²) in [6, 6.07) is 4.13. The number of carbonyl (C=O) groups is 1. The second kappa shape index (κ2) is 8.68. The van der Waals surface area contributed by atoms with E-state index in [9.17, 15) is 9.18 Å². The third-order valence-electron chi connectivity index (χ3n) is 2.73. The summed E-state index contributed by atoms with van der Waals surface area (Å²) in [5.41, 5.74) is 0.510. The average Bonchev–Trinajstić information content (AvgIpc) is 2.52. The SMILES string of the molecule is C=C(N=Nc1cc(NC(=O)CC)ccc1F)N(C)C=C[NH2+]C. The number of nitrogens with two attached hydrogens (primary N) is 1. The number of anilines is 1. The molecule has 0 saturated heterocycles. The van der Waals surface area contributed by atoms with Crippen molar-refractivity contribution in [1.29, 1.82) is 0 Å². The second-order valence-electron chi connectivity index (χ2n) is 4.47. The molecule has 0 heterocycles. The Morgan fingerprint density at radius 1 is 1.55 bits per heavy atom. The lowest BCUT2D eigenvalue weighted by Crippen LogP contribution is -2.72. The molecular weight excluding hydrogens is 285 g/mol. The van der Waals surface area contributed by atoms with Gasteiger partial charge in [0.05, 0.1) is 13.2 Å². The van der Waals surface area contributed by atoms with Gasteiger partial charge in [0.1, 0.15) is 17.7 Å². The Bertz CT molecular complexity index is 598. The third-order valence-corrected chi connectivity index (χ3v) is 2.73. The van der Waals surface area contributed by atoms with E-state index in [0.717, 1.165) is 0 Å². The number of benzene rings is 1. The maximum Gasteiger partial charge on any atom is 0.224 e. The van der Waals surface area contributed by atoms with Gasteiger partial charge in [-0.25, -0.2) is 4.39 Å². The van der Waals surface area contributed by atoms with Crippen LogP contribution in [0.3, 0.4) is 0 Å². The van der Waals surface area contributed by atoms with Gasteiger partial charge < -0.3 is 15.5 Å². The number of halogens is 1. The first-order chi connectivity index (χ1) is 10.5. The fraction of sp³-hybridized carbons (Fsp3) is 0.267. The zero-order valence-corrected chi connectivity index (χ0v) is 13.0. The number of carbonyl (C=O) groups excluding carboxylic acids is 1. The first kappa shape index (κ1) is 17.5. The van der Waals surface area contributed by atoms with Crippen molar-refractivity contribution in [2.24, 2.45) is 10.2 Å². The molecule has 0 atom stereocenters. The molecule has 22 heavy (non-hydrogen) atoms. The van der Waals surface area contributed by atoms with Crippen molar-refractivity contribution in [3.8, 4) is 0 Å². The topological polar surface area (TPSA) is 73.7 Å². The van der Waals surface area contributed by atoms with Crippen LogP contribution < -0.4 is 10.6 Å². The van der Waals surface area contributed by atoms with Crippen LogP contribution in [0.5, 0.6) is 0 Å². The Morgan fingerprint density at radius 2 is 2.27 bits per heavy atom. The summed E-state index contributed by atoms with van der Waals surface area (Å²) in [6.07, 6.45) is 3.92. The quantitative estimate of drug-likeness (QED) is 0.759. The first-order valence-corrected chi connectivity index (χ1v) is 6.87. The van der Waals surface area contributed by atoms with Crippen molar-refractivity contribution in [2.45, 2.75) is 13.3 Å². The molecule has 0 aliphatic rings. The number of nitrogens with one attached hydrogen (secondary N) is 1. The number of nitrogens with zero attached hydrogens (tertiary/aromatic N) is 3. The third kappa shape index (κ3) is 5.45. The Kier molecular flexibility index (Phi) is 6.91. The second-order valence-corrected chi connectivity index (χ2v) is 4.47. The maximum atomic E-state index is 13.7. The molecule has 0 bridgehead atoms. The molecule has 1 rings (SSSR count). The summed E-state index contributed by atoms with van der Waals surface area (Å²) in [5, 5.41) is 12.2. The van der Waals surface area contributed by atoms with Gasteiger partial charge in [0.2, 0.25) is 5.91 Å². The van der Waals surface area contributed by atoms with Crippen molar-refractivity contribution >= 4 is 17.3 Å². The number of hydrogen-bond donors (Lipinski definition) is 2. The van der Waals surface area contributed by atoms with Gasteiger partial charge >= 0.3 is 0 Å². The molecule has 3 N–H and O–H groups in total. The summed E-state index contributed by atoms with van der Waals surface area (Å²) >= 11 is 0. The molecule has 0 unspecified atom stereocenters. The number of azo groups is 1. The molecular formula is C15H21FN5O+. The normalized spacial score (nSPS) is 11.1. The van der Waals surface area contributed by atoms with E-state index in [0.29, 0.717) is 17.9 Å². The van der Waals surface area contributed by atoms with Crippen LogP contribution in [0.25, 0.3) is 0 Å². The highest BCUT2D eigenvalue weighted by molar-refractivity contribution is 5.90. The van der Waals surface area contributed by atoms with E-state index in [1.165, 1.54) is 18.2 Å². The molecule has 0 radical (unpaired) electrons. The highest BCUT2D eigenvalue weighted by Gasteiger charge is 2.05. The molecule has 1 aromatic carbocycles. The summed E-state index contributed by atoms with van der Waals surface area (Å²) in [5.74, 6) is -0.314. The van der Waals surface area contributed by atoms with Crippen molar-refractivity contribution in [1.82, 2.24) is 4.90 Å². The van der Waals surface area contributed by atoms with Gasteiger partial charge in [-0.2, -0.15) is 0 Å². The predicted molar refractivity (Wildman–Crippen MR) is 83.7 cm³/mol. The lowest BCUT2D eigenvalue weighted by Gasteiger charge is -2.10. The van der Waals surface area contributed by atoms with Crippen LogP contribution in [0.2, 0.25) is 0 Å². The van der Waals surface area contributed by atoms with Gasteiger partial charge in [0.25, 0.3) is 0 Å². The van der Waals surface area contributed by atoms with Crippen molar-refractivity contribution in [2.75, 3.05) is 19.4 Å². The van der Waals surface area contributed by atoms with Crippen molar-refractivity contribution < 1.29 is 14.5 Å². The number of amides is 1. The average molecular weight is 306 g/mol. The van der Waals surface area contributed by atoms with E-state index >= 15 is 0 Å². The minimum atomic E-state index is -0.522. The van der Waals surface area contributed by atoms with Gasteiger partial charge in [-0.15, -0.1) is 10.2 Å². The van der Waals surface area contributed by atoms with E-state index in [1.807, 2.05) is 18.6 Å². The van der Waals surface area contributed by atoms with Crippen LogP contribution in [0, 0.1) is 5.82 Å². The predicted octanol–water partition coefficient (Wildman–Crippen LogP) is 2.33. The van der Waals surface area contributed by atoms with Crippen LogP contribution >= 0.6 is 0 Å². The lowest BCUT2D eigenvalue weighted by molar-refractivity contribution is -0.557. The maximum absolute atomic E-state index is 13.7. The fourth-order valence-corrected chi connectivity index (χ4v) is 1.40. The van der Waals surface area contributed by atoms with Crippen LogP contribution in [-0.4, -0.2) is 24.9 Å². The molecule has 0 aromatic heterocycles. The van der Waals surface area contributed by atoms with E-state index in [4.69, 9.17) is 0 Å². The van der Waals surface area contributed by atoms with Gasteiger partial charge in [-0.1, -0.05) is 13.5 Å². The van der Waals surface area contributed by atoms with Gasteiger partial charge in [-0.3, -0.25) is 4.79 Å². The smallest absolute Gasteiger partial charge is 0.224 e. The number of hydrogen-bond acceptors (Lipinski definition) is 4. The van der Waals surface area contributed by atoms with Gasteiger partial charge in [0.15, 0.2) is 5.82 Å². The monoisotopic (exact) mass is 306 g/mol. The highest BCUT2D eigenvalue weighted by Crippen LogP contribution is 2.23. The standard InChI is InChI=1S/C15H20FN5O/c1-5-15(22)18-12-6-7-13(16)14(10-12)20-19-11(2)21(4)9-8-17-3/h6-10,17H,2,5H2,1,3-4H3,(H,18,22)/p+1. The number of quaternary nitrogens is 1.